The number of aromatic hydroxyl groups is 1. The average Bonchev–Trinajstić information content (AvgIpc) is 2.53. The van der Waals surface area contributed by atoms with Gasteiger partial charge < -0.3 is 9.84 Å². The summed E-state index contributed by atoms with van der Waals surface area (Å²) in [6.07, 6.45) is -9.74. The Morgan fingerprint density at radius 1 is 0.920 bits per heavy atom. The van der Waals surface area contributed by atoms with E-state index in [1.807, 2.05) is 0 Å². The second-order valence-electron chi connectivity index (χ2n) is 5.03. The molecule has 0 bridgehead atoms. The van der Waals surface area contributed by atoms with Crippen LogP contribution in [0.25, 0.3) is 11.1 Å². The molecule has 0 atom stereocenters. The minimum absolute atomic E-state index is 0.0264. The molecule has 3 nitrogen and oxygen atoms in total. The molecule has 0 aliphatic rings. The molecule has 0 saturated heterocycles. The van der Waals surface area contributed by atoms with Crippen LogP contribution in [0.15, 0.2) is 30.3 Å². The number of hydrogen-bond acceptors (Lipinski definition) is 3. The Morgan fingerprint density at radius 2 is 1.44 bits per heavy atom. The third-order valence-corrected chi connectivity index (χ3v) is 3.35. The second-order valence-corrected chi connectivity index (χ2v) is 5.03. The Hall–Kier alpha value is -2.71. The highest BCUT2D eigenvalue weighted by atomic mass is 19.4. The maximum Gasteiger partial charge on any atom is 0.416 e. The van der Waals surface area contributed by atoms with Crippen LogP contribution in [0.1, 0.15) is 21.5 Å². The molecule has 1 N–H and O–H groups in total. The van der Waals surface area contributed by atoms with Crippen LogP contribution in [0.4, 0.5) is 26.3 Å². The van der Waals surface area contributed by atoms with Crippen LogP contribution in [0.2, 0.25) is 0 Å². The number of carbonyl (C=O) groups is 1. The van der Waals surface area contributed by atoms with Gasteiger partial charge in [-0.15, -0.1) is 0 Å². The highest BCUT2D eigenvalue weighted by Crippen LogP contribution is 2.43. The standard InChI is InChI=1S/C16H10F6O3/c1-25-13-3-8(7-23)2-12(14(13)24)9-4-10(15(17,18)19)6-11(5-9)16(20,21)22/h2-7,24H,1H3. The van der Waals surface area contributed by atoms with E-state index in [-0.39, 0.29) is 17.4 Å². The molecule has 0 unspecified atom stereocenters. The maximum absolute atomic E-state index is 12.9. The molecule has 2 rings (SSSR count). The molecule has 0 aromatic heterocycles. The molecular weight excluding hydrogens is 354 g/mol. The Labute approximate surface area is 137 Å². The van der Waals surface area contributed by atoms with Crippen LogP contribution in [0.5, 0.6) is 11.5 Å². The maximum atomic E-state index is 12.9. The zero-order chi connectivity index (χ0) is 19.0. The van der Waals surface area contributed by atoms with Crippen LogP contribution in [-0.4, -0.2) is 18.5 Å². The van der Waals surface area contributed by atoms with Crippen molar-refractivity contribution in [2.24, 2.45) is 0 Å². The fraction of sp³-hybridized carbons (Fsp3) is 0.188. The molecule has 0 fully saturated rings. The van der Waals surface area contributed by atoms with E-state index in [1.54, 1.807) is 0 Å². The second kappa shape index (κ2) is 6.30. The SMILES string of the molecule is COc1cc(C=O)cc(-c2cc(C(F)(F)F)cc(C(F)(F)F)c2)c1O. The zero-order valence-electron chi connectivity index (χ0n) is 12.5. The van der Waals surface area contributed by atoms with Crippen molar-refractivity contribution >= 4 is 6.29 Å². The molecule has 25 heavy (non-hydrogen) atoms. The van der Waals surface area contributed by atoms with Gasteiger partial charge in [0.2, 0.25) is 0 Å². The first kappa shape index (κ1) is 18.6. The first-order valence-electron chi connectivity index (χ1n) is 6.63. The van der Waals surface area contributed by atoms with Crippen molar-refractivity contribution in [3.05, 3.63) is 47.0 Å². The first-order chi connectivity index (χ1) is 11.5. The summed E-state index contributed by atoms with van der Waals surface area (Å²) in [4.78, 5) is 10.9. The third-order valence-electron chi connectivity index (χ3n) is 3.35. The van der Waals surface area contributed by atoms with Gasteiger partial charge in [-0.1, -0.05) is 0 Å². The van der Waals surface area contributed by atoms with E-state index in [4.69, 9.17) is 4.74 Å². The number of hydrogen-bond donors (Lipinski definition) is 1. The molecule has 0 aliphatic carbocycles. The predicted molar refractivity (Wildman–Crippen MR) is 75.5 cm³/mol. The van der Waals surface area contributed by atoms with E-state index in [2.05, 4.69) is 0 Å². The van der Waals surface area contributed by atoms with E-state index in [1.165, 1.54) is 0 Å². The van der Waals surface area contributed by atoms with Gasteiger partial charge in [0.15, 0.2) is 11.5 Å². The van der Waals surface area contributed by atoms with Gasteiger partial charge in [-0.25, -0.2) is 0 Å². The molecule has 0 spiro atoms. The molecule has 9 heteroatoms. The highest BCUT2D eigenvalue weighted by molar-refractivity contribution is 5.84. The van der Waals surface area contributed by atoms with Crippen molar-refractivity contribution < 1.29 is 41.0 Å². The molecule has 0 radical (unpaired) electrons. The van der Waals surface area contributed by atoms with Gasteiger partial charge in [0.05, 0.1) is 18.2 Å². The number of halogens is 6. The molecule has 134 valence electrons. The van der Waals surface area contributed by atoms with Gasteiger partial charge in [0.1, 0.15) is 6.29 Å². The minimum atomic E-state index is -5.03. The third kappa shape index (κ3) is 3.86. The lowest BCUT2D eigenvalue weighted by Gasteiger charge is -2.16. The van der Waals surface area contributed by atoms with Crippen LogP contribution in [0, 0.1) is 0 Å². The van der Waals surface area contributed by atoms with Crippen LogP contribution in [0.3, 0.4) is 0 Å². The lowest BCUT2D eigenvalue weighted by molar-refractivity contribution is -0.143. The quantitative estimate of drug-likeness (QED) is 0.621. The van der Waals surface area contributed by atoms with E-state index in [9.17, 15) is 36.2 Å². The predicted octanol–water partition coefficient (Wildman–Crippen LogP) is 4.92. The number of carbonyl (C=O) groups excluding carboxylic acids is 1. The van der Waals surface area contributed by atoms with Gasteiger partial charge in [0, 0.05) is 11.1 Å². The molecule has 0 aliphatic heterocycles. The summed E-state index contributed by atoms with van der Waals surface area (Å²) in [5.41, 5.74) is -4.10. The zero-order valence-corrected chi connectivity index (χ0v) is 12.5. The fourth-order valence-electron chi connectivity index (χ4n) is 2.18. The van der Waals surface area contributed by atoms with Crippen LogP contribution < -0.4 is 4.74 Å². The van der Waals surface area contributed by atoms with E-state index in [0.717, 1.165) is 19.2 Å². The number of aldehydes is 1. The van der Waals surface area contributed by atoms with Crippen molar-refractivity contribution in [2.45, 2.75) is 12.4 Å². The summed E-state index contributed by atoms with van der Waals surface area (Å²) < 4.78 is 82.4. The van der Waals surface area contributed by atoms with Crippen LogP contribution >= 0.6 is 0 Å². The molecular formula is C16H10F6O3. The number of rotatable bonds is 3. The number of benzene rings is 2. The molecule has 0 heterocycles. The summed E-state index contributed by atoms with van der Waals surface area (Å²) in [6.45, 7) is 0. The topological polar surface area (TPSA) is 46.5 Å². The average molecular weight is 364 g/mol. The Morgan fingerprint density at radius 3 is 1.84 bits per heavy atom. The van der Waals surface area contributed by atoms with Crippen molar-refractivity contribution in [3.63, 3.8) is 0 Å². The van der Waals surface area contributed by atoms with E-state index < -0.39 is 40.4 Å². The van der Waals surface area contributed by atoms with Gasteiger partial charge in [-0.05, 0) is 35.9 Å². The van der Waals surface area contributed by atoms with E-state index >= 15 is 0 Å². The van der Waals surface area contributed by atoms with Crippen molar-refractivity contribution in [1.82, 2.24) is 0 Å². The molecule has 0 saturated carbocycles. The van der Waals surface area contributed by atoms with Crippen molar-refractivity contribution in [3.8, 4) is 22.6 Å². The van der Waals surface area contributed by atoms with Crippen molar-refractivity contribution in [1.29, 1.82) is 0 Å². The lowest BCUT2D eigenvalue weighted by atomic mass is 9.96. The summed E-state index contributed by atoms with van der Waals surface area (Å²) in [7, 11) is 1.13. The van der Waals surface area contributed by atoms with Gasteiger partial charge >= 0.3 is 12.4 Å². The summed E-state index contributed by atoms with van der Waals surface area (Å²) in [6, 6.07) is 2.96. The Balaban J connectivity index is 2.81. The largest absolute Gasteiger partial charge is 0.504 e. The number of phenolic OH excluding ortho intramolecular Hbond substituents is 1. The fourth-order valence-corrected chi connectivity index (χ4v) is 2.18. The molecule has 0 amide bonds. The minimum Gasteiger partial charge on any atom is -0.504 e. The number of phenols is 1. The smallest absolute Gasteiger partial charge is 0.416 e. The highest BCUT2D eigenvalue weighted by Gasteiger charge is 2.37. The molecule has 2 aromatic rings. The monoisotopic (exact) mass is 364 g/mol. The van der Waals surface area contributed by atoms with Gasteiger partial charge in [-0.3, -0.25) is 4.79 Å². The number of ether oxygens (including phenoxy) is 1. The summed E-state index contributed by atoms with van der Waals surface area (Å²) in [5.74, 6) is -0.939. The van der Waals surface area contributed by atoms with E-state index in [0.29, 0.717) is 18.4 Å². The Bertz CT molecular complexity index is 776. The normalized spacial score (nSPS) is 12.1. The Kier molecular flexibility index (Phi) is 4.70. The van der Waals surface area contributed by atoms with Crippen molar-refractivity contribution in [2.75, 3.05) is 7.11 Å². The first-order valence-corrected chi connectivity index (χ1v) is 6.63. The lowest BCUT2D eigenvalue weighted by Crippen LogP contribution is -2.11. The summed E-state index contributed by atoms with van der Waals surface area (Å²) in [5, 5.41) is 10.0. The number of methoxy groups -OCH3 is 1. The van der Waals surface area contributed by atoms with Crippen LogP contribution in [-0.2, 0) is 12.4 Å². The summed E-state index contributed by atoms with van der Waals surface area (Å²) >= 11 is 0. The van der Waals surface area contributed by atoms with Gasteiger partial charge in [0.25, 0.3) is 0 Å². The number of alkyl halides is 6. The van der Waals surface area contributed by atoms with Gasteiger partial charge in [-0.2, -0.15) is 26.3 Å². The molecule has 2 aromatic carbocycles.